The van der Waals surface area contributed by atoms with Gasteiger partial charge in [-0.3, -0.25) is 0 Å². The minimum absolute atomic E-state index is 1.18. The van der Waals surface area contributed by atoms with Crippen molar-refractivity contribution in [3.05, 3.63) is 194 Å². The quantitative estimate of drug-likeness (QED) is 0.172. The molecule has 0 amide bonds. The lowest BCUT2D eigenvalue weighted by atomic mass is 10.00. The average Bonchev–Trinajstić information content (AvgIpc) is 3.91. The smallest absolute Gasteiger partial charge is 0.0619 e. The van der Waals surface area contributed by atoms with Crippen LogP contribution in [0.2, 0.25) is 0 Å². The Bertz CT molecular complexity index is 3490. The number of rotatable bonds is 4. The molecule has 12 rings (SSSR count). The fourth-order valence-electron chi connectivity index (χ4n) is 9.03. The number of para-hydroxylation sites is 2. The number of thiophene rings is 1. The van der Waals surface area contributed by atoms with Gasteiger partial charge >= 0.3 is 0 Å². The minimum atomic E-state index is 1.18. The minimum Gasteiger partial charge on any atom is -0.309 e. The molecule has 55 heavy (non-hydrogen) atoms. The van der Waals surface area contributed by atoms with Crippen LogP contribution in [0.15, 0.2) is 194 Å². The van der Waals surface area contributed by atoms with Crippen molar-refractivity contribution in [3.8, 4) is 33.6 Å². The molecule has 3 heteroatoms. The van der Waals surface area contributed by atoms with Gasteiger partial charge in [0.2, 0.25) is 0 Å². The highest BCUT2D eigenvalue weighted by molar-refractivity contribution is 7.25. The van der Waals surface area contributed by atoms with Crippen LogP contribution in [0.4, 0.5) is 0 Å². The molecule has 0 atom stereocenters. The molecule has 0 unspecified atom stereocenters. The Hall–Kier alpha value is -6.94. The monoisotopic (exact) mass is 716 g/mol. The Kier molecular flexibility index (Phi) is 6.54. The standard InChI is InChI=1S/C52H32N2S/c1-2-12-33(13-3-1)38-15-6-9-19-46(38)54-49-29-24-36(31-45(49)43-26-22-34-14-4-5-16-39(34)52(43)54)35-23-28-48-44(30-35)40-17-7-10-20-47(40)53(48)37-25-27-42-41-18-8-11-21-50(41)55-51(42)32-37/h1-32H. The number of fused-ring (bicyclic) bond motifs is 11. The Labute approximate surface area is 321 Å². The predicted octanol–water partition coefficient (Wildman–Crippen LogP) is 14.7. The molecular formula is C52H32N2S. The van der Waals surface area contributed by atoms with E-state index in [1.54, 1.807) is 0 Å². The molecule has 2 nitrogen and oxygen atoms in total. The fourth-order valence-corrected chi connectivity index (χ4v) is 10.2. The van der Waals surface area contributed by atoms with E-state index in [0.29, 0.717) is 0 Å². The van der Waals surface area contributed by atoms with Crippen LogP contribution in [-0.2, 0) is 0 Å². The number of nitrogens with zero attached hydrogens (tertiary/aromatic N) is 2. The second-order valence-corrected chi connectivity index (χ2v) is 15.6. The first-order valence-electron chi connectivity index (χ1n) is 18.8. The summed E-state index contributed by atoms with van der Waals surface area (Å²) in [5.74, 6) is 0. The van der Waals surface area contributed by atoms with Crippen molar-refractivity contribution < 1.29 is 0 Å². The first-order valence-corrected chi connectivity index (χ1v) is 19.7. The molecule has 0 saturated heterocycles. The van der Waals surface area contributed by atoms with Crippen molar-refractivity contribution in [2.24, 2.45) is 0 Å². The zero-order chi connectivity index (χ0) is 36.0. The van der Waals surface area contributed by atoms with Gasteiger partial charge in [0.25, 0.3) is 0 Å². The summed E-state index contributed by atoms with van der Waals surface area (Å²) in [6.45, 7) is 0. The molecule has 256 valence electrons. The predicted molar refractivity (Wildman–Crippen MR) is 236 cm³/mol. The van der Waals surface area contributed by atoms with Gasteiger partial charge in [-0.05, 0) is 76.7 Å². The first kappa shape index (κ1) is 30.5. The van der Waals surface area contributed by atoms with Crippen molar-refractivity contribution >= 4 is 85.9 Å². The van der Waals surface area contributed by atoms with Crippen LogP contribution in [0, 0.1) is 0 Å². The molecule has 0 fully saturated rings. The maximum absolute atomic E-state index is 2.49. The SMILES string of the molecule is c1ccc(-c2ccccc2-n2c3ccc(-c4ccc5c(c4)c4ccccc4n5-c4ccc5c(c4)sc4ccccc45)cc3c3ccc4ccccc4c32)cc1. The average molecular weight is 717 g/mol. The molecule has 0 saturated carbocycles. The van der Waals surface area contributed by atoms with Crippen LogP contribution in [0.1, 0.15) is 0 Å². The van der Waals surface area contributed by atoms with Crippen LogP contribution in [0.25, 0.3) is 108 Å². The zero-order valence-electron chi connectivity index (χ0n) is 29.8. The maximum Gasteiger partial charge on any atom is 0.0619 e. The lowest BCUT2D eigenvalue weighted by Crippen LogP contribution is -1.97. The van der Waals surface area contributed by atoms with Gasteiger partial charge in [0, 0.05) is 58.4 Å². The van der Waals surface area contributed by atoms with Crippen LogP contribution in [0.3, 0.4) is 0 Å². The third-order valence-corrected chi connectivity index (χ3v) is 12.6. The van der Waals surface area contributed by atoms with Gasteiger partial charge in [-0.1, -0.05) is 140 Å². The summed E-state index contributed by atoms with van der Waals surface area (Å²) in [6.07, 6.45) is 0. The molecule has 9 aromatic carbocycles. The lowest BCUT2D eigenvalue weighted by molar-refractivity contribution is 1.19. The van der Waals surface area contributed by atoms with E-state index in [2.05, 4.69) is 203 Å². The maximum atomic E-state index is 2.49. The summed E-state index contributed by atoms with van der Waals surface area (Å²) in [6, 6.07) is 71.5. The van der Waals surface area contributed by atoms with Gasteiger partial charge in [-0.15, -0.1) is 11.3 Å². The number of hydrogen-bond donors (Lipinski definition) is 0. The van der Waals surface area contributed by atoms with Gasteiger partial charge in [-0.2, -0.15) is 0 Å². The van der Waals surface area contributed by atoms with Gasteiger partial charge in [0.05, 0.1) is 27.8 Å². The van der Waals surface area contributed by atoms with Gasteiger partial charge < -0.3 is 9.13 Å². The second-order valence-electron chi connectivity index (χ2n) is 14.5. The van der Waals surface area contributed by atoms with E-state index < -0.39 is 0 Å². The van der Waals surface area contributed by atoms with E-state index in [9.17, 15) is 0 Å². The zero-order valence-corrected chi connectivity index (χ0v) is 30.6. The molecule has 0 aliphatic rings. The molecular weight excluding hydrogens is 685 g/mol. The number of aromatic nitrogens is 2. The molecule has 0 aliphatic heterocycles. The summed E-state index contributed by atoms with van der Waals surface area (Å²) >= 11 is 1.87. The molecule has 0 radical (unpaired) electrons. The molecule has 0 aliphatic carbocycles. The van der Waals surface area contributed by atoms with E-state index in [4.69, 9.17) is 0 Å². The molecule has 0 spiro atoms. The van der Waals surface area contributed by atoms with E-state index >= 15 is 0 Å². The fraction of sp³-hybridized carbons (Fsp3) is 0. The van der Waals surface area contributed by atoms with Crippen LogP contribution >= 0.6 is 11.3 Å². The van der Waals surface area contributed by atoms with Gasteiger partial charge in [0.15, 0.2) is 0 Å². The van der Waals surface area contributed by atoms with Crippen molar-refractivity contribution in [3.63, 3.8) is 0 Å². The summed E-state index contributed by atoms with van der Waals surface area (Å²) in [4.78, 5) is 0. The summed E-state index contributed by atoms with van der Waals surface area (Å²) in [7, 11) is 0. The Balaban J connectivity index is 1.07. The Morgan fingerprint density at radius 3 is 1.80 bits per heavy atom. The van der Waals surface area contributed by atoms with Crippen molar-refractivity contribution in [1.29, 1.82) is 0 Å². The van der Waals surface area contributed by atoms with E-state index in [-0.39, 0.29) is 0 Å². The first-order chi connectivity index (χ1) is 27.3. The van der Waals surface area contributed by atoms with Crippen LogP contribution in [0.5, 0.6) is 0 Å². The normalized spacial score (nSPS) is 12.0. The van der Waals surface area contributed by atoms with Crippen LogP contribution < -0.4 is 0 Å². The second kappa shape index (κ2) is 11.8. The van der Waals surface area contributed by atoms with E-state index in [1.807, 2.05) is 11.3 Å². The topological polar surface area (TPSA) is 9.86 Å². The van der Waals surface area contributed by atoms with Gasteiger partial charge in [0.1, 0.15) is 0 Å². The lowest BCUT2D eigenvalue weighted by Gasteiger charge is -2.15. The third kappa shape index (κ3) is 4.54. The van der Waals surface area contributed by atoms with E-state index in [0.717, 1.165) is 0 Å². The highest BCUT2D eigenvalue weighted by Gasteiger charge is 2.19. The van der Waals surface area contributed by atoms with Crippen molar-refractivity contribution in [2.45, 2.75) is 0 Å². The molecule has 12 aromatic rings. The summed E-state index contributed by atoms with van der Waals surface area (Å²) < 4.78 is 7.57. The molecule has 3 aromatic heterocycles. The molecule has 3 heterocycles. The summed E-state index contributed by atoms with van der Waals surface area (Å²) in [5.41, 5.74) is 12.1. The molecule has 0 N–H and O–H groups in total. The summed E-state index contributed by atoms with van der Waals surface area (Å²) in [5, 5.41) is 10.2. The third-order valence-electron chi connectivity index (χ3n) is 11.5. The Morgan fingerprint density at radius 2 is 0.945 bits per heavy atom. The highest BCUT2D eigenvalue weighted by Crippen LogP contribution is 2.42. The Morgan fingerprint density at radius 1 is 0.327 bits per heavy atom. The van der Waals surface area contributed by atoms with Crippen molar-refractivity contribution in [1.82, 2.24) is 9.13 Å². The van der Waals surface area contributed by atoms with E-state index in [1.165, 1.54) is 108 Å². The molecule has 0 bridgehead atoms. The number of benzene rings is 9. The van der Waals surface area contributed by atoms with Crippen LogP contribution in [-0.4, -0.2) is 9.13 Å². The highest BCUT2D eigenvalue weighted by atomic mass is 32.1. The number of hydrogen-bond acceptors (Lipinski definition) is 1. The van der Waals surface area contributed by atoms with Gasteiger partial charge in [-0.25, -0.2) is 0 Å². The largest absolute Gasteiger partial charge is 0.309 e. The van der Waals surface area contributed by atoms with Crippen molar-refractivity contribution in [2.75, 3.05) is 0 Å².